The average molecular weight is 284 g/mol. The molecule has 0 radical (unpaired) electrons. The highest BCUT2D eigenvalue weighted by Crippen LogP contribution is 2.31. The summed E-state index contributed by atoms with van der Waals surface area (Å²) in [7, 11) is 0. The number of halogens is 4. The van der Waals surface area contributed by atoms with E-state index in [2.05, 4.69) is 10.3 Å². The van der Waals surface area contributed by atoms with Crippen LogP contribution in [-0.2, 0) is 19.3 Å². The first-order valence-corrected chi connectivity index (χ1v) is 5.92. The predicted octanol–water partition coefficient (Wildman–Crippen LogP) is 3.53. The van der Waals surface area contributed by atoms with E-state index in [9.17, 15) is 17.6 Å². The zero-order valence-corrected chi connectivity index (χ0v) is 10.4. The molecule has 0 saturated carbocycles. The van der Waals surface area contributed by atoms with E-state index in [4.69, 9.17) is 0 Å². The summed E-state index contributed by atoms with van der Waals surface area (Å²) in [6, 6.07) is 6.65. The van der Waals surface area contributed by atoms with Crippen molar-refractivity contribution >= 4 is 0 Å². The van der Waals surface area contributed by atoms with Gasteiger partial charge in [-0.25, -0.2) is 4.39 Å². The third kappa shape index (κ3) is 3.77. The number of nitrogens with zero attached hydrogens (tertiary/aromatic N) is 1. The molecule has 0 saturated heterocycles. The van der Waals surface area contributed by atoms with Crippen LogP contribution in [0.1, 0.15) is 16.7 Å². The lowest BCUT2D eigenvalue weighted by Crippen LogP contribution is -2.17. The summed E-state index contributed by atoms with van der Waals surface area (Å²) in [5, 5.41) is 2.85. The van der Waals surface area contributed by atoms with Gasteiger partial charge in [0.05, 0.1) is 11.8 Å². The van der Waals surface area contributed by atoms with E-state index < -0.39 is 17.6 Å². The number of hydrogen-bond acceptors (Lipinski definition) is 2. The fourth-order valence-electron chi connectivity index (χ4n) is 1.85. The lowest BCUT2D eigenvalue weighted by molar-refractivity contribution is -0.138. The second kappa shape index (κ2) is 6.00. The molecule has 0 amide bonds. The number of alkyl halides is 3. The Morgan fingerprint density at radius 3 is 2.50 bits per heavy atom. The average Bonchev–Trinajstić information content (AvgIpc) is 2.38. The first-order valence-electron chi connectivity index (χ1n) is 5.92. The van der Waals surface area contributed by atoms with Gasteiger partial charge in [-0.1, -0.05) is 18.2 Å². The molecule has 2 rings (SSSR count). The van der Waals surface area contributed by atoms with Crippen molar-refractivity contribution in [3.8, 4) is 0 Å². The van der Waals surface area contributed by atoms with Gasteiger partial charge in [-0.3, -0.25) is 4.98 Å². The smallest absolute Gasteiger partial charge is 0.309 e. The quantitative estimate of drug-likeness (QED) is 0.869. The van der Waals surface area contributed by atoms with Gasteiger partial charge < -0.3 is 5.32 Å². The van der Waals surface area contributed by atoms with Gasteiger partial charge in [0.25, 0.3) is 0 Å². The largest absolute Gasteiger partial charge is 0.416 e. The Balaban J connectivity index is 2.01. The van der Waals surface area contributed by atoms with Crippen molar-refractivity contribution < 1.29 is 17.6 Å². The third-order valence-electron chi connectivity index (χ3n) is 2.73. The molecule has 0 unspecified atom stereocenters. The van der Waals surface area contributed by atoms with E-state index in [-0.39, 0.29) is 18.7 Å². The van der Waals surface area contributed by atoms with Gasteiger partial charge in [0.2, 0.25) is 0 Å². The van der Waals surface area contributed by atoms with E-state index in [1.165, 1.54) is 24.4 Å². The summed E-state index contributed by atoms with van der Waals surface area (Å²) in [6.07, 6.45) is -1.84. The molecule has 0 aliphatic carbocycles. The number of pyridine rings is 1. The Hall–Kier alpha value is -1.95. The van der Waals surface area contributed by atoms with Crippen molar-refractivity contribution in [1.29, 1.82) is 0 Å². The normalized spacial score (nSPS) is 11.6. The van der Waals surface area contributed by atoms with Crippen molar-refractivity contribution in [3.63, 3.8) is 0 Å². The Morgan fingerprint density at radius 2 is 1.80 bits per heavy atom. The molecule has 0 aliphatic heterocycles. The van der Waals surface area contributed by atoms with Crippen LogP contribution in [0, 0.1) is 5.82 Å². The van der Waals surface area contributed by atoms with Crippen molar-refractivity contribution in [3.05, 3.63) is 65.2 Å². The highest BCUT2D eigenvalue weighted by atomic mass is 19.4. The van der Waals surface area contributed by atoms with Gasteiger partial charge in [-0.15, -0.1) is 0 Å². The second-order valence-electron chi connectivity index (χ2n) is 4.27. The summed E-state index contributed by atoms with van der Waals surface area (Å²) in [5.41, 5.74) is 0.0729. The number of hydrogen-bond donors (Lipinski definition) is 1. The fourth-order valence-corrected chi connectivity index (χ4v) is 1.85. The first kappa shape index (κ1) is 14.5. The maximum atomic E-state index is 12.9. The Bertz CT molecular complexity index is 581. The zero-order chi connectivity index (χ0) is 14.6. The monoisotopic (exact) mass is 284 g/mol. The molecule has 106 valence electrons. The summed E-state index contributed by atoms with van der Waals surface area (Å²) in [5.74, 6) is -0.472. The van der Waals surface area contributed by atoms with Gasteiger partial charge in [0, 0.05) is 19.3 Å². The van der Waals surface area contributed by atoms with E-state index >= 15 is 0 Å². The van der Waals surface area contributed by atoms with Gasteiger partial charge in [0.15, 0.2) is 0 Å². The number of benzene rings is 1. The van der Waals surface area contributed by atoms with E-state index in [1.807, 2.05) is 0 Å². The molecule has 1 aromatic heterocycles. The summed E-state index contributed by atoms with van der Waals surface area (Å²) in [6.45, 7) is 0.295. The van der Waals surface area contributed by atoms with Gasteiger partial charge in [-0.2, -0.15) is 13.2 Å². The number of aromatic nitrogens is 1. The van der Waals surface area contributed by atoms with Crippen molar-refractivity contribution in [1.82, 2.24) is 10.3 Å². The Kier molecular flexibility index (Phi) is 4.34. The van der Waals surface area contributed by atoms with Crippen LogP contribution in [0.2, 0.25) is 0 Å². The lowest BCUT2D eigenvalue weighted by Gasteiger charge is -2.13. The van der Waals surface area contributed by atoms with Crippen LogP contribution in [-0.4, -0.2) is 4.98 Å². The van der Waals surface area contributed by atoms with Crippen LogP contribution in [0.5, 0.6) is 0 Å². The molecule has 0 bridgehead atoms. The second-order valence-corrected chi connectivity index (χ2v) is 4.27. The molecule has 0 fully saturated rings. The number of nitrogens with one attached hydrogen (secondary N) is 1. The van der Waals surface area contributed by atoms with E-state index in [1.54, 1.807) is 6.07 Å². The van der Waals surface area contributed by atoms with E-state index in [0.29, 0.717) is 5.56 Å². The summed E-state index contributed by atoms with van der Waals surface area (Å²) >= 11 is 0. The first-order chi connectivity index (χ1) is 9.47. The van der Waals surface area contributed by atoms with Crippen LogP contribution in [0.25, 0.3) is 0 Å². The van der Waals surface area contributed by atoms with Crippen LogP contribution >= 0.6 is 0 Å². The standard InChI is InChI=1S/C14H12F4N2/c15-12-5-10(7-20-9-12)6-19-8-11-3-1-2-4-13(11)14(16,17)18/h1-5,7,9,19H,6,8H2. The fraction of sp³-hybridized carbons (Fsp3) is 0.214. The molecule has 0 aliphatic rings. The van der Waals surface area contributed by atoms with Crippen molar-refractivity contribution in [2.75, 3.05) is 0 Å². The highest BCUT2D eigenvalue weighted by molar-refractivity contribution is 5.29. The molecule has 1 heterocycles. The number of rotatable bonds is 4. The SMILES string of the molecule is Fc1cncc(CNCc2ccccc2C(F)(F)F)c1. The van der Waals surface area contributed by atoms with Crippen molar-refractivity contribution in [2.45, 2.75) is 19.3 Å². The van der Waals surface area contributed by atoms with Crippen molar-refractivity contribution in [2.24, 2.45) is 0 Å². The minimum absolute atomic E-state index is 0.0478. The van der Waals surface area contributed by atoms with Crippen LogP contribution in [0.15, 0.2) is 42.7 Å². The predicted molar refractivity (Wildman–Crippen MR) is 66.2 cm³/mol. The topological polar surface area (TPSA) is 24.9 Å². The Labute approximate surface area is 113 Å². The molecule has 0 spiro atoms. The maximum absolute atomic E-state index is 12.9. The van der Waals surface area contributed by atoms with E-state index in [0.717, 1.165) is 12.3 Å². The highest BCUT2D eigenvalue weighted by Gasteiger charge is 2.32. The minimum Gasteiger partial charge on any atom is -0.309 e. The molecule has 2 nitrogen and oxygen atoms in total. The molecule has 6 heteroatoms. The zero-order valence-electron chi connectivity index (χ0n) is 10.4. The summed E-state index contributed by atoms with van der Waals surface area (Å²) in [4.78, 5) is 3.67. The molecular formula is C14H12F4N2. The minimum atomic E-state index is -4.38. The van der Waals surface area contributed by atoms with Crippen LogP contribution in [0.3, 0.4) is 0 Å². The maximum Gasteiger partial charge on any atom is 0.416 e. The molecule has 1 aromatic carbocycles. The van der Waals surface area contributed by atoms with Gasteiger partial charge in [0.1, 0.15) is 5.82 Å². The third-order valence-corrected chi connectivity index (χ3v) is 2.73. The molecule has 2 aromatic rings. The van der Waals surface area contributed by atoms with Gasteiger partial charge in [-0.05, 0) is 23.3 Å². The van der Waals surface area contributed by atoms with Gasteiger partial charge >= 0.3 is 6.18 Å². The van der Waals surface area contributed by atoms with Crippen LogP contribution < -0.4 is 5.32 Å². The molecule has 1 N–H and O–H groups in total. The molecule has 0 atom stereocenters. The van der Waals surface area contributed by atoms with Crippen LogP contribution in [0.4, 0.5) is 17.6 Å². The molecule has 20 heavy (non-hydrogen) atoms. The summed E-state index contributed by atoms with van der Waals surface area (Å²) < 4.78 is 51.2. The Morgan fingerprint density at radius 1 is 1.05 bits per heavy atom. The lowest BCUT2D eigenvalue weighted by atomic mass is 10.1. The molecular weight excluding hydrogens is 272 g/mol.